The van der Waals surface area contributed by atoms with Gasteiger partial charge in [-0.2, -0.15) is 0 Å². The molecule has 1 aliphatic carbocycles. The number of fused-ring (bicyclic) bond motifs is 1. The number of aromatic nitrogens is 4. The number of anilines is 1. The minimum atomic E-state index is 0.458. The van der Waals surface area contributed by atoms with Crippen LogP contribution >= 0.6 is 0 Å². The average molecular weight is 536 g/mol. The molecule has 3 N–H and O–H groups in total. The molecule has 4 aromatic rings. The van der Waals surface area contributed by atoms with Gasteiger partial charge in [0.2, 0.25) is 0 Å². The van der Waals surface area contributed by atoms with Crippen molar-refractivity contribution < 1.29 is 0 Å². The summed E-state index contributed by atoms with van der Waals surface area (Å²) in [6, 6.07) is 16.8. The van der Waals surface area contributed by atoms with E-state index in [9.17, 15) is 0 Å². The van der Waals surface area contributed by atoms with Crippen molar-refractivity contribution in [1.29, 1.82) is 0 Å². The molecular weight excluding hydrogens is 494 g/mol. The summed E-state index contributed by atoms with van der Waals surface area (Å²) in [5.41, 5.74) is 13.2. The van der Waals surface area contributed by atoms with Crippen molar-refractivity contribution in [3.8, 4) is 17.1 Å². The zero-order valence-electron chi connectivity index (χ0n) is 24.0. The van der Waals surface area contributed by atoms with Gasteiger partial charge in [0.15, 0.2) is 11.5 Å². The molecule has 3 aromatic heterocycles. The number of likely N-dealkylation sites (tertiary alicyclic amines) is 1. The zero-order chi connectivity index (χ0) is 27.9. The number of imidazole rings is 1. The first-order valence-corrected chi connectivity index (χ1v) is 14.7. The van der Waals surface area contributed by atoms with Crippen molar-refractivity contribution in [3.05, 3.63) is 84.2 Å². The summed E-state index contributed by atoms with van der Waals surface area (Å²) in [7, 11) is 0. The van der Waals surface area contributed by atoms with Gasteiger partial charge >= 0.3 is 0 Å². The molecule has 2 aliphatic rings. The minimum absolute atomic E-state index is 0.458. The van der Waals surface area contributed by atoms with Gasteiger partial charge in [0, 0.05) is 25.0 Å². The number of rotatable bonds is 8. The van der Waals surface area contributed by atoms with Crippen molar-refractivity contribution in [1.82, 2.24) is 29.7 Å². The molecule has 1 saturated heterocycles. The van der Waals surface area contributed by atoms with Crippen LogP contribution in [-0.2, 0) is 6.54 Å². The van der Waals surface area contributed by atoms with Crippen LogP contribution in [0.3, 0.4) is 0 Å². The zero-order valence-corrected chi connectivity index (χ0v) is 24.0. The molecule has 0 bridgehead atoms. The van der Waals surface area contributed by atoms with Gasteiger partial charge in [-0.15, -0.1) is 0 Å². The van der Waals surface area contributed by atoms with E-state index in [1.165, 1.54) is 12.0 Å². The maximum Gasteiger partial charge on any atom is 0.165 e. The molecule has 4 heterocycles. The van der Waals surface area contributed by atoms with E-state index in [4.69, 9.17) is 15.7 Å². The Balaban J connectivity index is 0.00000158. The highest BCUT2D eigenvalue weighted by Crippen LogP contribution is 2.32. The van der Waals surface area contributed by atoms with Gasteiger partial charge in [-0.05, 0) is 92.3 Å². The van der Waals surface area contributed by atoms with Gasteiger partial charge < -0.3 is 11.1 Å². The summed E-state index contributed by atoms with van der Waals surface area (Å²) >= 11 is 0. The Bertz CT molecular complexity index is 1480. The molecule has 0 saturated carbocycles. The number of pyridine rings is 2. The first-order chi connectivity index (χ1) is 19.7. The van der Waals surface area contributed by atoms with Crippen LogP contribution in [0.25, 0.3) is 33.8 Å². The molecule has 1 unspecified atom stereocenters. The predicted molar refractivity (Wildman–Crippen MR) is 166 cm³/mol. The number of nitrogens with one attached hydrogen (secondary N) is 1. The number of benzene rings is 1. The molecule has 7 heteroatoms. The van der Waals surface area contributed by atoms with E-state index in [2.05, 4.69) is 81.3 Å². The van der Waals surface area contributed by atoms with Gasteiger partial charge in [-0.1, -0.05) is 51.1 Å². The molecule has 208 valence electrons. The molecule has 1 fully saturated rings. The molecule has 1 aromatic carbocycles. The molecule has 1 atom stereocenters. The summed E-state index contributed by atoms with van der Waals surface area (Å²) in [4.78, 5) is 17.0. The lowest BCUT2D eigenvalue weighted by molar-refractivity contribution is 0.314. The molecule has 7 nitrogen and oxygen atoms in total. The van der Waals surface area contributed by atoms with E-state index < -0.39 is 0 Å². The van der Waals surface area contributed by atoms with Gasteiger partial charge in [-0.25, -0.2) is 15.0 Å². The third-order valence-electron chi connectivity index (χ3n) is 7.53. The largest absolute Gasteiger partial charge is 0.383 e. The first-order valence-electron chi connectivity index (χ1n) is 14.7. The Morgan fingerprint density at radius 2 is 1.88 bits per heavy atom. The Morgan fingerprint density at radius 1 is 1.02 bits per heavy atom. The van der Waals surface area contributed by atoms with E-state index in [0.29, 0.717) is 5.82 Å². The fourth-order valence-corrected chi connectivity index (χ4v) is 5.53. The number of nitrogens with zero attached hydrogens (tertiary/aromatic N) is 5. The number of hydrogen-bond donors (Lipinski definition) is 2. The van der Waals surface area contributed by atoms with Crippen LogP contribution in [0.4, 0.5) is 5.82 Å². The van der Waals surface area contributed by atoms with E-state index in [0.717, 1.165) is 91.0 Å². The predicted octanol–water partition coefficient (Wildman–Crippen LogP) is 6.26. The van der Waals surface area contributed by atoms with Crippen LogP contribution in [0.1, 0.15) is 51.3 Å². The summed E-state index contributed by atoms with van der Waals surface area (Å²) in [6.45, 7) is 11.6. The van der Waals surface area contributed by atoms with Crippen LogP contribution in [0.5, 0.6) is 0 Å². The van der Waals surface area contributed by atoms with Crippen molar-refractivity contribution in [2.24, 2.45) is 5.92 Å². The second kappa shape index (κ2) is 13.0. The van der Waals surface area contributed by atoms with Crippen LogP contribution in [-0.4, -0.2) is 50.6 Å². The normalized spacial score (nSPS) is 17.1. The molecule has 0 radical (unpaired) electrons. The lowest BCUT2D eigenvalue weighted by Gasteiger charge is -2.17. The van der Waals surface area contributed by atoms with Crippen LogP contribution in [0, 0.1) is 5.92 Å². The van der Waals surface area contributed by atoms with E-state index >= 15 is 0 Å². The van der Waals surface area contributed by atoms with Crippen molar-refractivity contribution in [3.63, 3.8) is 0 Å². The van der Waals surface area contributed by atoms with Gasteiger partial charge in [0.05, 0.1) is 11.3 Å². The van der Waals surface area contributed by atoms with Crippen LogP contribution in [0.15, 0.2) is 73.0 Å². The third kappa shape index (κ3) is 6.01. The number of nitrogens with two attached hydrogens (primary N) is 1. The van der Waals surface area contributed by atoms with E-state index in [-0.39, 0.29) is 0 Å². The molecule has 1 aliphatic heterocycles. The number of nitrogen functional groups attached to an aromatic ring is 1. The highest BCUT2D eigenvalue weighted by atomic mass is 15.2. The lowest BCUT2D eigenvalue weighted by Crippen LogP contribution is -2.26. The first kappa shape index (κ1) is 27.7. The Morgan fingerprint density at radius 3 is 2.62 bits per heavy atom. The minimum Gasteiger partial charge on any atom is -0.383 e. The molecule has 40 heavy (non-hydrogen) atoms. The van der Waals surface area contributed by atoms with Gasteiger partial charge in [-0.3, -0.25) is 9.47 Å². The fourth-order valence-electron chi connectivity index (χ4n) is 5.53. The van der Waals surface area contributed by atoms with Crippen molar-refractivity contribution >= 4 is 22.6 Å². The highest BCUT2D eigenvalue weighted by molar-refractivity contribution is 5.85. The van der Waals surface area contributed by atoms with Crippen LogP contribution < -0.4 is 11.1 Å². The fraction of sp³-hybridized carbons (Fsp3) is 0.364. The van der Waals surface area contributed by atoms with Crippen molar-refractivity contribution in [2.75, 3.05) is 31.9 Å². The van der Waals surface area contributed by atoms with Crippen molar-refractivity contribution in [2.45, 2.75) is 46.6 Å². The van der Waals surface area contributed by atoms with Gasteiger partial charge in [0.25, 0.3) is 0 Å². The average Bonchev–Trinajstić information content (AvgIpc) is 3.62. The maximum atomic E-state index is 6.31. The highest BCUT2D eigenvalue weighted by Gasteiger charge is 2.22. The number of hydrogen-bond acceptors (Lipinski definition) is 6. The monoisotopic (exact) mass is 535 g/mol. The smallest absolute Gasteiger partial charge is 0.165 e. The standard InChI is InChI=1S/C31H35N7.C2H6/c1-2-33-19-23-16-18-37(21-23)20-22-10-12-25(13-11-22)38-30(26-9-6-17-34-29(26)32)36-28-15-14-27(35-31(28)38)24-7-4-3-5-8-24;1-2/h4,6-15,17,23,33H,2-3,5,16,18-21H2,1H3,(H2,32,34);1-2H3. The Hall–Kier alpha value is -3.81. The number of allylic oxidation sites excluding steroid dienone is 4. The summed E-state index contributed by atoms with van der Waals surface area (Å²) in [6.07, 6.45) is 11.7. The second-order valence-electron chi connectivity index (χ2n) is 10.2. The topological polar surface area (TPSA) is 84.9 Å². The second-order valence-corrected chi connectivity index (χ2v) is 10.2. The Kier molecular flexibility index (Phi) is 9.04. The molecule has 0 spiro atoms. The lowest BCUT2D eigenvalue weighted by atomic mass is 10.0. The summed E-state index contributed by atoms with van der Waals surface area (Å²) < 4.78 is 2.12. The summed E-state index contributed by atoms with van der Waals surface area (Å²) in [5.74, 6) is 1.95. The molecule has 6 rings (SSSR count). The molecule has 0 amide bonds. The third-order valence-corrected chi connectivity index (χ3v) is 7.53. The Labute approximate surface area is 237 Å². The van der Waals surface area contributed by atoms with E-state index in [1.807, 2.05) is 26.0 Å². The maximum absolute atomic E-state index is 6.31. The SMILES string of the molecule is CC.CCNCC1CCN(Cc2ccc(-n3c(-c4cccnc4N)nc4ccc(C5=CCCC=C5)nc43)cc2)C1. The quantitative estimate of drug-likeness (QED) is 0.277. The van der Waals surface area contributed by atoms with E-state index in [1.54, 1.807) is 6.20 Å². The van der Waals surface area contributed by atoms with Gasteiger partial charge in [0.1, 0.15) is 11.3 Å². The summed E-state index contributed by atoms with van der Waals surface area (Å²) in [5, 5.41) is 3.50. The van der Waals surface area contributed by atoms with Crippen LogP contribution in [0.2, 0.25) is 0 Å². The molecular formula is C33H41N7.